The standard InChI is InChI=1S/C25H25NO6/c1-14-17-11-16-9-10-25(2,3)32-19(16)13-20(17)31-24(30)18(14)12-21(27)26-22(23(28)29)15-7-5-4-6-8-15/h4-8,11,13,22H,9-10,12H2,1-3H3,(H,26,27)(H,28,29). The molecule has 0 aliphatic carbocycles. The Balaban J connectivity index is 1.64. The second-order valence-electron chi connectivity index (χ2n) is 8.74. The van der Waals surface area contributed by atoms with Crippen LogP contribution in [0.3, 0.4) is 0 Å². The van der Waals surface area contributed by atoms with Crippen LogP contribution in [0.2, 0.25) is 0 Å². The third kappa shape index (κ3) is 4.23. The smallest absolute Gasteiger partial charge is 0.340 e. The number of carbonyl (C=O) groups is 2. The van der Waals surface area contributed by atoms with E-state index in [9.17, 15) is 19.5 Å². The summed E-state index contributed by atoms with van der Waals surface area (Å²) in [4.78, 5) is 37.0. The van der Waals surface area contributed by atoms with Crippen molar-refractivity contribution >= 4 is 22.8 Å². The summed E-state index contributed by atoms with van der Waals surface area (Å²) in [5.41, 5.74) is 1.83. The van der Waals surface area contributed by atoms with Gasteiger partial charge in [-0.1, -0.05) is 30.3 Å². The van der Waals surface area contributed by atoms with Crippen LogP contribution in [-0.2, 0) is 22.4 Å². The lowest BCUT2D eigenvalue weighted by Crippen LogP contribution is -2.35. The monoisotopic (exact) mass is 435 g/mol. The molecule has 0 radical (unpaired) electrons. The van der Waals surface area contributed by atoms with Gasteiger partial charge >= 0.3 is 11.6 Å². The van der Waals surface area contributed by atoms with Crippen molar-refractivity contribution in [3.8, 4) is 5.75 Å². The molecule has 0 spiro atoms. The predicted octanol–water partition coefficient (Wildman–Crippen LogP) is 3.69. The van der Waals surface area contributed by atoms with Crippen molar-refractivity contribution in [1.82, 2.24) is 5.32 Å². The fraction of sp³-hybridized carbons (Fsp3) is 0.320. The molecule has 1 aromatic heterocycles. The Kier molecular flexibility index (Phi) is 5.50. The van der Waals surface area contributed by atoms with Crippen LogP contribution < -0.4 is 15.7 Å². The minimum atomic E-state index is -1.20. The highest BCUT2D eigenvalue weighted by molar-refractivity contribution is 5.88. The molecule has 3 aromatic rings. The molecule has 1 unspecified atom stereocenters. The van der Waals surface area contributed by atoms with Crippen molar-refractivity contribution in [2.24, 2.45) is 0 Å². The first-order valence-electron chi connectivity index (χ1n) is 10.5. The molecule has 7 nitrogen and oxygen atoms in total. The van der Waals surface area contributed by atoms with Gasteiger partial charge in [-0.25, -0.2) is 9.59 Å². The number of aryl methyl sites for hydroxylation is 2. The summed E-state index contributed by atoms with van der Waals surface area (Å²) in [7, 11) is 0. The van der Waals surface area contributed by atoms with E-state index in [4.69, 9.17) is 9.15 Å². The first-order valence-corrected chi connectivity index (χ1v) is 10.5. The quantitative estimate of drug-likeness (QED) is 0.592. The fourth-order valence-corrected chi connectivity index (χ4v) is 4.05. The fourth-order valence-electron chi connectivity index (χ4n) is 4.05. The molecule has 1 atom stereocenters. The topological polar surface area (TPSA) is 106 Å². The van der Waals surface area contributed by atoms with E-state index in [1.807, 2.05) is 19.9 Å². The molecule has 1 aliphatic heterocycles. The van der Waals surface area contributed by atoms with Crippen LogP contribution in [0.1, 0.15) is 48.6 Å². The molecule has 0 saturated heterocycles. The highest BCUT2D eigenvalue weighted by atomic mass is 16.5. The van der Waals surface area contributed by atoms with E-state index in [0.29, 0.717) is 22.5 Å². The van der Waals surface area contributed by atoms with E-state index < -0.39 is 23.5 Å². The van der Waals surface area contributed by atoms with Gasteiger partial charge < -0.3 is 19.6 Å². The molecular weight excluding hydrogens is 410 g/mol. The summed E-state index contributed by atoms with van der Waals surface area (Å²) in [6.07, 6.45) is 1.43. The van der Waals surface area contributed by atoms with Crippen LogP contribution in [0.25, 0.3) is 11.0 Å². The average Bonchev–Trinajstić information content (AvgIpc) is 2.74. The highest BCUT2D eigenvalue weighted by Gasteiger charge is 2.28. The number of benzene rings is 2. The molecule has 166 valence electrons. The normalized spacial score (nSPS) is 15.5. The lowest BCUT2D eigenvalue weighted by Gasteiger charge is -2.32. The zero-order valence-corrected chi connectivity index (χ0v) is 18.2. The van der Waals surface area contributed by atoms with Crippen LogP contribution in [-0.4, -0.2) is 22.6 Å². The van der Waals surface area contributed by atoms with Crippen LogP contribution in [0, 0.1) is 6.92 Å². The first-order chi connectivity index (χ1) is 15.1. The Morgan fingerprint density at radius 3 is 2.59 bits per heavy atom. The molecule has 2 heterocycles. The van der Waals surface area contributed by atoms with Crippen molar-refractivity contribution in [2.75, 3.05) is 0 Å². The van der Waals surface area contributed by atoms with Gasteiger partial charge in [-0.15, -0.1) is 0 Å². The molecule has 1 aliphatic rings. The van der Waals surface area contributed by atoms with Gasteiger partial charge in [-0.2, -0.15) is 0 Å². The van der Waals surface area contributed by atoms with Gasteiger partial charge in [0, 0.05) is 11.5 Å². The molecule has 2 N–H and O–H groups in total. The van der Waals surface area contributed by atoms with E-state index in [2.05, 4.69) is 5.32 Å². The number of amides is 1. The number of carbonyl (C=O) groups excluding carboxylic acids is 1. The lowest BCUT2D eigenvalue weighted by molar-refractivity contribution is -0.142. The van der Waals surface area contributed by atoms with E-state index in [0.717, 1.165) is 23.8 Å². The van der Waals surface area contributed by atoms with Crippen molar-refractivity contribution in [3.05, 3.63) is 75.1 Å². The number of carboxylic acids is 1. The average molecular weight is 435 g/mol. The summed E-state index contributed by atoms with van der Waals surface area (Å²) < 4.78 is 11.5. The van der Waals surface area contributed by atoms with Gasteiger partial charge in [0.05, 0.1) is 12.0 Å². The maximum Gasteiger partial charge on any atom is 0.340 e. The summed E-state index contributed by atoms with van der Waals surface area (Å²) in [6.45, 7) is 5.81. The molecule has 1 amide bonds. The van der Waals surface area contributed by atoms with E-state index in [-0.39, 0.29) is 17.6 Å². The number of nitrogens with one attached hydrogen (secondary N) is 1. The number of hydrogen-bond acceptors (Lipinski definition) is 5. The van der Waals surface area contributed by atoms with Gasteiger partial charge in [0.25, 0.3) is 0 Å². The Bertz CT molecular complexity index is 1260. The number of ether oxygens (including phenoxy) is 1. The van der Waals surface area contributed by atoms with E-state index in [1.165, 1.54) is 0 Å². The molecule has 0 saturated carbocycles. The Hall–Kier alpha value is -3.61. The maximum atomic E-state index is 12.7. The van der Waals surface area contributed by atoms with Crippen molar-refractivity contribution in [2.45, 2.75) is 51.7 Å². The van der Waals surface area contributed by atoms with Crippen molar-refractivity contribution in [1.29, 1.82) is 0 Å². The molecule has 0 fully saturated rings. The van der Waals surface area contributed by atoms with Crippen molar-refractivity contribution < 1.29 is 23.8 Å². The molecular formula is C25H25NO6. The van der Waals surface area contributed by atoms with Gasteiger partial charge in [-0.05, 0) is 56.4 Å². The van der Waals surface area contributed by atoms with Gasteiger partial charge in [0.2, 0.25) is 5.91 Å². The second kappa shape index (κ2) is 8.15. The van der Waals surface area contributed by atoms with Crippen LogP contribution >= 0.6 is 0 Å². The zero-order valence-electron chi connectivity index (χ0n) is 18.2. The molecule has 0 bridgehead atoms. The molecule has 7 heteroatoms. The third-order valence-electron chi connectivity index (χ3n) is 5.87. The number of carboxylic acid groups (broad SMARTS) is 1. The van der Waals surface area contributed by atoms with E-state index in [1.54, 1.807) is 43.3 Å². The minimum absolute atomic E-state index is 0.212. The largest absolute Gasteiger partial charge is 0.487 e. The first kappa shape index (κ1) is 21.6. The Morgan fingerprint density at radius 2 is 1.91 bits per heavy atom. The van der Waals surface area contributed by atoms with Gasteiger partial charge in [0.15, 0.2) is 6.04 Å². The predicted molar refractivity (Wildman–Crippen MR) is 119 cm³/mol. The summed E-state index contributed by atoms with van der Waals surface area (Å²) >= 11 is 0. The second-order valence-corrected chi connectivity index (χ2v) is 8.74. The SMILES string of the molecule is Cc1c(CC(=O)NC(C(=O)O)c2ccccc2)c(=O)oc2cc3c(cc12)CCC(C)(C)O3. The number of aliphatic carboxylic acids is 1. The van der Waals surface area contributed by atoms with E-state index >= 15 is 0 Å². The molecule has 32 heavy (non-hydrogen) atoms. The Labute approximate surface area is 185 Å². The Morgan fingerprint density at radius 1 is 1.19 bits per heavy atom. The highest BCUT2D eigenvalue weighted by Crippen LogP contribution is 2.36. The number of rotatable bonds is 5. The minimum Gasteiger partial charge on any atom is -0.487 e. The van der Waals surface area contributed by atoms with Crippen LogP contribution in [0.5, 0.6) is 5.75 Å². The van der Waals surface area contributed by atoms with Gasteiger partial charge in [0.1, 0.15) is 16.9 Å². The third-order valence-corrected chi connectivity index (χ3v) is 5.87. The number of fused-ring (bicyclic) bond motifs is 2. The van der Waals surface area contributed by atoms with Crippen LogP contribution in [0.15, 0.2) is 51.7 Å². The zero-order chi connectivity index (χ0) is 23.0. The summed E-state index contributed by atoms with van der Waals surface area (Å²) in [6, 6.07) is 10.9. The summed E-state index contributed by atoms with van der Waals surface area (Å²) in [5, 5.41) is 12.8. The maximum absolute atomic E-state index is 12.7. The molecule has 2 aromatic carbocycles. The summed E-state index contributed by atoms with van der Waals surface area (Å²) in [5.74, 6) is -1.05. The van der Waals surface area contributed by atoms with Crippen molar-refractivity contribution in [3.63, 3.8) is 0 Å². The van der Waals surface area contributed by atoms with Crippen LogP contribution in [0.4, 0.5) is 0 Å². The number of hydrogen-bond donors (Lipinski definition) is 2. The van der Waals surface area contributed by atoms with Gasteiger partial charge in [-0.3, -0.25) is 4.79 Å². The molecule has 4 rings (SSSR count). The lowest BCUT2D eigenvalue weighted by atomic mass is 9.92.